The number of rotatable bonds is 5. The highest BCUT2D eigenvalue weighted by molar-refractivity contribution is 6.31. The van der Waals surface area contributed by atoms with Crippen LogP contribution in [-0.2, 0) is 4.79 Å². The number of carbonyl (C=O) groups excluding carboxylic acids is 1. The minimum absolute atomic E-state index is 0.00841. The number of hydrogen-bond donors (Lipinski definition) is 4. The lowest BCUT2D eigenvalue weighted by Gasteiger charge is -2.18. The minimum atomic E-state index is -1.41. The highest BCUT2D eigenvalue weighted by atomic mass is 35.5. The van der Waals surface area contributed by atoms with E-state index in [1.165, 1.54) is 12.1 Å². The van der Waals surface area contributed by atoms with Gasteiger partial charge < -0.3 is 21.1 Å². The van der Waals surface area contributed by atoms with Crippen LogP contribution in [0.25, 0.3) is 0 Å². The molecule has 2 unspecified atom stereocenters. The summed E-state index contributed by atoms with van der Waals surface area (Å²) in [5.74, 6) is -1.92. The molecular weight excluding hydrogens is 262 g/mol. The Hall–Kier alpha value is -1.63. The van der Waals surface area contributed by atoms with E-state index in [2.05, 4.69) is 0 Å². The lowest BCUT2D eigenvalue weighted by atomic mass is 10.0. The summed E-state index contributed by atoms with van der Waals surface area (Å²) in [6.45, 7) is 0. The first-order valence-electron chi connectivity index (χ1n) is 5.00. The van der Waals surface area contributed by atoms with Gasteiger partial charge in [-0.25, -0.2) is 4.79 Å². The minimum Gasteiger partial charge on any atom is -0.478 e. The molecule has 0 aliphatic carbocycles. The van der Waals surface area contributed by atoms with Gasteiger partial charge in [-0.05, 0) is 12.1 Å². The predicted octanol–water partition coefficient (Wildman–Crippen LogP) is 0.308. The smallest absolute Gasteiger partial charge is 0.335 e. The van der Waals surface area contributed by atoms with Crippen LogP contribution in [0.1, 0.15) is 28.4 Å². The van der Waals surface area contributed by atoms with Crippen LogP contribution in [0, 0.1) is 0 Å². The molecule has 0 spiro atoms. The van der Waals surface area contributed by atoms with Gasteiger partial charge in [0, 0.05) is 10.6 Å². The Labute approximate surface area is 108 Å². The Morgan fingerprint density at radius 2 is 1.94 bits per heavy atom. The van der Waals surface area contributed by atoms with Gasteiger partial charge in [0.1, 0.15) is 6.10 Å². The summed E-state index contributed by atoms with van der Waals surface area (Å²) in [7, 11) is 0. The Balaban J connectivity index is 2.96. The molecule has 1 rings (SSSR count). The van der Waals surface area contributed by atoms with Crippen molar-refractivity contribution < 1.29 is 24.9 Å². The second kappa shape index (κ2) is 5.81. The SMILES string of the molecule is NC(=O)CC(O)C(O)c1ccc(C(=O)O)cc1Cl. The van der Waals surface area contributed by atoms with Crippen molar-refractivity contribution in [2.75, 3.05) is 0 Å². The second-order valence-corrected chi connectivity index (χ2v) is 4.13. The van der Waals surface area contributed by atoms with Crippen molar-refractivity contribution in [1.29, 1.82) is 0 Å². The van der Waals surface area contributed by atoms with Crippen LogP contribution in [0.4, 0.5) is 0 Å². The Kier molecular flexibility index (Phi) is 4.66. The molecular formula is C11H12ClNO5. The topological polar surface area (TPSA) is 121 Å². The van der Waals surface area contributed by atoms with Crippen molar-refractivity contribution in [2.24, 2.45) is 5.73 Å². The van der Waals surface area contributed by atoms with E-state index in [1.54, 1.807) is 0 Å². The number of aliphatic hydroxyl groups is 2. The third-order valence-electron chi connectivity index (χ3n) is 2.34. The first kappa shape index (κ1) is 14.4. The maximum Gasteiger partial charge on any atom is 0.335 e. The molecule has 0 heterocycles. The Morgan fingerprint density at radius 3 is 2.39 bits per heavy atom. The Morgan fingerprint density at radius 1 is 1.33 bits per heavy atom. The zero-order valence-corrected chi connectivity index (χ0v) is 9.96. The number of hydrogen-bond acceptors (Lipinski definition) is 4. The average molecular weight is 274 g/mol. The Bertz CT molecular complexity index is 477. The molecule has 0 aliphatic rings. The number of carbonyl (C=O) groups is 2. The first-order chi connectivity index (χ1) is 8.32. The number of carboxylic acids is 1. The summed E-state index contributed by atoms with van der Waals surface area (Å²) in [6.07, 6.45) is -3.22. The molecule has 7 heteroatoms. The molecule has 0 bridgehead atoms. The molecule has 0 aromatic heterocycles. The summed E-state index contributed by atoms with van der Waals surface area (Å²) >= 11 is 5.80. The van der Waals surface area contributed by atoms with Crippen molar-refractivity contribution in [3.05, 3.63) is 34.3 Å². The molecule has 1 aromatic rings. The van der Waals surface area contributed by atoms with E-state index in [-0.39, 0.29) is 16.1 Å². The van der Waals surface area contributed by atoms with E-state index in [0.717, 1.165) is 6.07 Å². The van der Waals surface area contributed by atoms with Crippen molar-refractivity contribution in [2.45, 2.75) is 18.6 Å². The van der Waals surface area contributed by atoms with Crippen LogP contribution in [0.5, 0.6) is 0 Å². The number of primary amides is 1. The zero-order valence-electron chi connectivity index (χ0n) is 9.21. The van der Waals surface area contributed by atoms with Gasteiger partial charge in [-0.1, -0.05) is 17.7 Å². The van der Waals surface area contributed by atoms with Crippen molar-refractivity contribution in [1.82, 2.24) is 0 Å². The molecule has 0 radical (unpaired) electrons. The van der Waals surface area contributed by atoms with Crippen LogP contribution < -0.4 is 5.73 Å². The van der Waals surface area contributed by atoms with Gasteiger partial charge >= 0.3 is 5.97 Å². The fraction of sp³-hybridized carbons (Fsp3) is 0.273. The fourth-order valence-electron chi connectivity index (χ4n) is 1.43. The number of aromatic carboxylic acids is 1. The summed E-state index contributed by atoms with van der Waals surface area (Å²) in [6, 6.07) is 3.67. The molecule has 0 aliphatic heterocycles. The molecule has 5 N–H and O–H groups in total. The number of nitrogens with two attached hydrogens (primary N) is 1. The molecule has 6 nitrogen and oxygen atoms in total. The normalized spacial score (nSPS) is 13.9. The number of aliphatic hydroxyl groups excluding tert-OH is 2. The molecule has 0 fully saturated rings. The molecule has 0 saturated carbocycles. The number of halogens is 1. The molecule has 1 aromatic carbocycles. The number of benzene rings is 1. The van der Waals surface area contributed by atoms with Crippen molar-refractivity contribution in [3.8, 4) is 0 Å². The maximum atomic E-state index is 10.7. The van der Waals surface area contributed by atoms with Crippen molar-refractivity contribution in [3.63, 3.8) is 0 Å². The van der Waals surface area contributed by atoms with E-state index < -0.39 is 30.5 Å². The van der Waals surface area contributed by atoms with Gasteiger partial charge in [0.25, 0.3) is 0 Å². The average Bonchev–Trinajstić information content (AvgIpc) is 2.26. The molecule has 18 heavy (non-hydrogen) atoms. The highest BCUT2D eigenvalue weighted by Gasteiger charge is 2.23. The van der Waals surface area contributed by atoms with Gasteiger partial charge in [0.05, 0.1) is 18.1 Å². The number of carboxylic acid groups (broad SMARTS) is 1. The van der Waals surface area contributed by atoms with Crippen molar-refractivity contribution >= 4 is 23.5 Å². The summed E-state index contributed by atoms with van der Waals surface area (Å²) < 4.78 is 0. The predicted molar refractivity (Wildman–Crippen MR) is 63.2 cm³/mol. The van der Waals surface area contributed by atoms with Gasteiger partial charge in [0.2, 0.25) is 5.91 Å². The lowest BCUT2D eigenvalue weighted by Crippen LogP contribution is -2.25. The van der Waals surface area contributed by atoms with Gasteiger partial charge in [-0.15, -0.1) is 0 Å². The quantitative estimate of drug-likeness (QED) is 0.615. The summed E-state index contributed by atoms with van der Waals surface area (Å²) in [4.78, 5) is 21.3. The van der Waals surface area contributed by atoms with E-state index >= 15 is 0 Å². The second-order valence-electron chi connectivity index (χ2n) is 3.72. The molecule has 98 valence electrons. The molecule has 0 saturated heterocycles. The maximum absolute atomic E-state index is 10.7. The molecule has 1 amide bonds. The van der Waals surface area contributed by atoms with Crippen LogP contribution >= 0.6 is 11.6 Å². The third-order valence-corrected chi connectivity index (χ3v) is 2.67. The van der Waals surface area contributed by atoms with Gasteiger partial charge in [0.15, 0.2) is 0 Å². The number of amides is 1. The fourth-order valence-corrected chi connectivity index (χ4v) is 1.72. The zero-order chi connectivity index (χ0) is 13.9. The van der Waals surface area contributed by atoms with Crippen LogP contribution in [0.3, 0.4) is 0 Å². The standard InChI is InChI=1S/C11H12ClNO5/c12-7-3-5(11(17)18)1-2-6(7)10(16)8(14)4-9(13)15/h1-3,8,10,14,16H,4H2,(H2,13,15)(H,17,18). The van der Waals surface area contributed by atoms with Gasteiger partial charge in [-0.2, -0.15) is 0 Å². The monoisotopic (exact) mass is 273 g/mol. The van der Waals surface area contributed by atoms with E-state index in [4.69, 9.17) is 22.4 Å². The third kappa shape index (κ3) is 3.43. The summed E-state index contributed by atoms with van der Waals surface area (Å²) in [5.41, 5.74) is 4.98. The molecule has 2 atom stereocenters. The summed E-state index contributed by atoms with van der Waals surface area (Å²) in [5, 5.41) is 28.0. The van der Waals surface area contributed by atoms with Gasteiger partial charge in [-0.3, -0.25) is 4.79 Å². The van der Waals surface area contributed by atoms with E-state index in [9.17, 15) is 19.8 Å². The van der Waals surface area contributed by atoms with Crippen LogP contribution in [0.2, 0.25) is 5.02 Å². The van der Waals surface area contributed by atoms with E-state index in [0.29, 0.717) is 0 Å². The lowest BCUT2D eigenvalue weighted by molar-refractivity contribution is -0.121. The van der Waals surface area contributed by atoms with E-state index in [1.807, 2.05) is 0 Å². The highest BCUT2D eigenvalue weighted by Crippen LogP contribution is 2.27. The van der Waals surface area contributed by atoms with Crippen LogP contribution in [0.15, 0.2) is 18.2 Å². The first-order valence-corrected chi connectivity index (χ1v) is 5.38. The largest absolute Gasteiger partial charge is 0.478 e. The van der Waals surface area contributed by atoms with Crippen LogP contribution in [-0.4, -0.2) is 33.3 Å².